The second-order valence-corrected chi connectivity index (χ2v) is 9.74. The fourth-order valence-electron chi connectivity index (χ4n) is 3.57. The van der Waals surface area contributed by atoms with Crippen molar-refractivity contribution >= 4 is 38.7 Å². The van der Waals surface area contributed by atoms with Crippen LogP contribution in [0.25, 0.3) is 26.2 Å². The van der Waals surface area contributed by atoms with Gasteiger partial charge in [0.05, 0.1) is 23.3 Å². The summed E-state index contributed by atoms with van der Waals surface area (Å²) < 4.78 is 2.33. The molecule has 0 unspecified atom stereocenters. The molecule has 0 aliphatic carbocycles. The molecule has 5 nitrogen and oxygen atoms in total. The van der Waals surface area contributed by atoms with Crippen molar-refractivity contribution in [1.82, 2.24) is 14.5 Å². The number of thiophene rings is 1. The minimum absolute atomic E-state index is 0.0713. The van der Waals surface area contributed by atoms with E-state index in [1.54, 1.807) is 17.0 Å². The Labute approximate surface area is 196 Å². The van der Waals surface area contributed by atoms with E-state index in [2.05, 4.69) is 16.8 Å². The summed E-state index contributed by atoms with van der Waals surface area (Å²) >= 11 is 7.48. The number of hydrogen-bond acceptors (Lipinski definition) is 5. The highest BCUT2D eigenvalue weighted by Gasteiger charge is 2.15. The molecule has 0 saturated heterocycles. The number of aryl methyl sites for hydroxylation is 1. The summed E-state index contributed by atoms with van der Waals surface area (Å²) in [5.74, 6) is 0. The molecule has 4 aromatic rings. The Balaban J connectivity index is 1.68. The van der Waals surface area contributed by atoms with Crippen LogP contribution in [0.3, 0.4) is 0 Å². The Bertz CT molecular complexity index is 1350. The minimum atomic E-state index is -0.0713. The van der Waals surface area contributed by atoms with Crippen molar-refractivity contribution in [3.05, 3.63) is 81.5 Å². The van der Waals surface area contributed by atoms with E-state index < -0.39 is 0 Å². The first-order valence-electron chi connectivity index (χ1n) is 10.4. The summed E-state index contributed by atoms with van der Waals surface area (Å²) in [5, 5.41) is 10.1. The number of hydrogen-bond donors (Lipinski definition) is 1. The van der Waals surface area contributed by atoms with Crippen LogP contribution in [0.5, 0.6) is 0 Å². The first kappa shape index (κ1) is 22.4. The van der Waals surface area contributed by atoms with Crippen molar-refractivity contribution < 1.29 is 0 Å². The predicted octanol–water partition coefficient (Wildman–Crippen LogP) is 5.78. The number of nitrogens with one attached hydrogen (secondary N) is 1. The molecule has 1 N–H and O–H groups in total. The van der Waals surface area contributed by atoms with E-state index in [1.165, 1.54) is 11.3 Å². The highest BCUT2D eigenvalue weighted by atomic mass is 35.5. The third-order valence-electron chi connectivity index (χ3n) is 5.71. The van der Waals surface area contributed by atoms with Crippen LogP contribution in [0.1, 0.15) is 24.6 Å². The fraction of sp³-hybridized carbons (Fsp3) is 0.240. The average Bonchev–Trinajstić information content (AvgIpc) is 3.19. The van der Waals surface area contributed by atoms with Crippen molar-refractivity contribution in [3.63, 3.8) is 0 Å². The molecule has 32 heavy (non-hydrogen) atoms. The third kappa shape index (κ3) is 4.39. The standard InChI is InChI=1S/C25H25ClN4OS/c1-15-11-20(14-28-23(15)21(27)12-16(2)29(3)4)30-10-9-18-13-22(32-24(18)25(30)31)17-5-7-19(26)8-6-17/h5-11,13-14,16,27H,12H2,1-4H3/t16-/m1/s1. The maximum Gasteiger partial charge on any atom is 0.273 e. The number of benzene rings is 1. The molecule has 0 bridgehead atoms. The zero-order valence-corrected chi connectivity index (χ0v) is 20.1. The third-order valence-corrected chi connectivity index (χ3v) is 7.15. The van der Waals surface area contributed by atoms with Crippen LogP contribution in [0.15, 0.2) is 59.7 Å². The van der Waals surface area contributed by atoms with Gasteiger partial charge in [0.25, 0.3) is 5.56 Å². The summed E-state index contributed by atoms with van der Waals surface area (Å²) in [6.07, 6.45) is 4.09. The van der Waals surface area contributed by atoms with E-state index in [1.807, 2.05) is 63.5 Å². The zero-order valence-electron chi connectivity index (χ0n) is 18.5. The zero-order chi connectivity index (χ0) is 23.0. The number of fused-ring (bicyclic) bond motifs is 1. The van der Waals surface area contributed by atoms with Crippen LogP contribution < -0.4 is 5.56 Å². The number of rotatable bonds is 6. The van der Waals surface area contributed by atoms with E-state index in [4.69, 9.17) is 17.0 Å². The maximum absolute atomic E-state index is 13.3. The van der Waals surface area contributed by atoms with Crippen molar-refractivity contribution in [2.24, 2.45) is 0 Å². The van der Waals surface area contributed by atoms with Gasteiger partial charge in [-0.1, -0.05) is 23.7 Å². The van der Waals surface area contributed by atoms with E-state index in [9.17, 15) is 4.79 Å². The number of halogens is 1. The topological polar surface area (TPSA) is 62.0 Å². The fourth-order valence-corrected chi connectivity index (χ4v) is 4.79. The Hall–Kier alpha value is -2.80. The SMILES string of the molecule is Cc1cc(-n2ccc3cc(-c4ccc(Cl)cc4)sc3c2=O)cnc1C(=N)C[C@@H](C)N(C)C. The largest absolute Gasteiger partial charge is 0.306 e. The van der Waals surface area contributed by atoms with Gasteiger partial charge in [-0.2, -0.15) is 0 Å². The number of aromatic nitrogens is 2. The van der Waals surface area contributed by atoms with Gasteiger partial charge >= 0.3 is 0 Å². The molecule has 1 aromatic carbocycles. The van der Waals surface area contributed by atoms with Crippen LogP contribution in [-0.4, -0.2) is 40.3 Å². The van der Waals surface area contributed by atoms with Crippen LogP contribution in [-0.2, 0) is 0 Å². The summed E-state index contributed by atoms with van der Waals surface area (Å²) in [5.41, 5.74) is 3.74. The Kier molecular flexibility index (Phi) is 6.29. The first-order valence-corrected chi connectivity index (χ1v) is 11.6. The molecule has 0 fully saturated rings. The molecule has 164 valence electrons. The molecule has 0 aliphatic heterocycles. The van der Waals surface area contributed by atoms with Gasteiger partial charge in [-0.3, -0.25) is 14.3 Å². The van der Waals surface area contributed by atoms with Crippen LogP contribution in [0.2, 0.25) is 5.02 Å². The van der Waals surface area contributed by atoms with Crippen molar-refractivity contribution in [2.75, 3.05) is 14.1 Å². The van der Waals surface area contributed by atoms with E-state index in [-0.39, 0.29) is 11.6 Å². The normalized spacial score (nSPS) is 12.4. The molecular weight excluding hydrogens is 440 g/mol. The molecule has 0 amide bonds. The van der Waals surface area contributed by atoms with Crippen molar-refractivity contribution in [2.45, 2.75) is 26.3 Å². The van der Waals surface area contributed by atoms with Gasteiger partial charge in [0.15, 0.2) is 0 Å². The van der Waals surface area contributed by atoms with E-state index >= 15 is 0 Å². The Morgan fingerprint density at radius 1 is 1.22 bits per heavy atom. The lowest BCUT2D eigenvalue weighted by Crippen LogP contribution is -2.27. The summed E-state index contributed by atoms with van der Waals surface area (Å²) in [6, 6.07) is 13.8. The maximum atomic E-state index is 13.3. The summed E-state index contributed by atoms with van der Waals surface area (Å²) in [4.78, 5) is 20.9. The number of nitrogens with zero attached hydrogens (tertiary/aromatic N) is 3. The second-order valence-electron chi connectivity index (χ2n) is 8.25. The van der Waals surface area contributed by atoms with Crippen molar-refractivity contribution in [3.8, 4) is 16.1 Å². The van der Waals surface area contributed by atoms with Gasteiger partial charge in [0.1, 0.15) is 4.70 Å². The summed E-state index contributed by atoms with van der Waals surface area (Å²) in [7, 11) is 4.01. The number of pyridine rings is 2. The Morgan fingerprint density at radius 3 is 2.59 bits per heavy atom. The lowest BCUT2D eigenvalue weighted by atomic mass is 10.0. The molecule has 4 rings (SSSR count). The quantitative estimate of drug-likeness (QED) is 0.367. The van der Waals surface area contributed by atoms with Gasteiger partial charge < -0.3 is 10.3 Å². The van der Waals surface area contributed by atoms with Crippen molar-refractivity contribution in [1.29, 1.82) is 5.41 Å². The van der Waals surface area contributed by atoms with Gasteiger partial charge in [0.2, 0.25) is 0 Å². The molecule has 7 heteroatoms. The molecule has 0 radical (unpaired) electrons. The molecule has 3 aromatic heterocycles. The van der Waals surface area contributed by atoms with Gasteiger partial charge in [-0.15, -0.1) is 11.3 Å². The smallest absolute Gasteiger partial charge is 0.273 e. The van der Waals surface area contributed by atoms with Gasteiger partial charge in [-0.05, 0) is 69.4 Å². The lowest BCUT2D eigenvalue weighted by Gasteiger charge is -2.20. The molecule has 0 saturated carbocycles. The highest BCUT2D eigenvalue weighted by molar-refractivity contribution is 7.22. The molecule has 1 atom stereocenters. The van der Waals surface area contributed by atoms with E-state index in [0.717, 1.165) is 21.4 Å². The predicted molar refractivity (Wildman–Crippen MR) is 135 cm³/mol. The summed E-state index contributed by atoms with van der Waals surface area (Å²) in [6.45, 7) is 4.03. The lowest BCUT2D eigenvalue weighted by molar-refractivity contribution is 0.321. The highest BCUT2D eigenvalue weighted by Crippen LogP contribution is 2.32. The first-order chi connectivity index (χ1) is 15.2. The van der Waals surface area contributed by atoms with Crippen LogP contribution in [0, 0.1) is 12.3 Å². The Morgan fingerprint density at radius 2 is 1.94 bits per heavy atom. The molecule has 0 aliphatic rings. The molecule has 3 heterocycles. The molecular formula is C25H25ClN4OS. The van der Waals surface area contributed by atoms with Gasteiger partial charge in [-0.25, -0.2) is 0 Å². The van der Waals surface area contributed by atoms with Gasteiger partial charge in [0, 0.05) is 33.9 Å². The van der Waals surface area contributed by atoms with E-state index in [0.29, 0.717) is 33.2 Å². The minimum Gasteiger partial charge on any atom is -0.306 e. The monoisotopic (exact) mass is 464 g/mol. The second kappa shape index (κ2) is 8.98. The molecule has 0 spiro atoms. The van der Waals surface area contributed by atoms with Crippen LogP contribution in [0.4, 0.5) is 0 Å². The average molecular weight is 465 g/mol. The van der Waals surface area contributed by atoms with Crippen LogP contribution >= 0.6 is 22.9 Å².